The fraction of sp³-hybridized carbons (Fsp3) is 0.238. The predicted molar refractivity (Wildman–Crippen MR) is 111 cm³/mol. The number of hydrogen-bond acceptors (Lipinski definition) is 6. The Hall–Kier alpha value is -3.23. The first-order chi connectivity index (χ1) is 14.0. The molecule has 2 aromatic heterocycles. The number of halogens is 1. The van der Waals surface area contributed by atoms with E-state index in [-0.39, 0.29) is 6.04 Å². The maximum atomic E-state index is 14.3. The van der Waals surface area contributed by atoms with Crippen LogP contribution in [0.15, 0.2) is 42.6 Å². The minimum atomic E-state index is -0.398. The van der Waals surface area contributed by atoms with E-state index >= 15 is 0 Å². The normalized spacial score (nSPS) is 18.0. The van der Waals surface area contributed by atoms with Gasteiger partial charge < -0.3 is 20.8 Å². The number of pyridine rings is 1. The van der Waals surface area contributed by atoms with Gasteiger partial charge in [-0.2, -0.15) is 5.06 Å². The van der Waals surface area contributed by atoms with Crippen molar-refractivity contribution < 1.29 is 9.60 Å². The van der Waals surface area contributed by atoms with Crippen LogP contribution >= 0.6 is 0 Å². The summed E-state index contributed by atoms with van der Waals surface area (Å²) in [6.45, 7) is 4.02. The highest BCUT2D eigenvalue weighted by molar-refractivity contribution is 5.98. The van der Waals surface area contributed by atoms with Crippen molar-refractivity contribution in [3.63, 3.8) is 0 Å². The van der Waals surface area contributed by atoms with Gasteiger partial charge in [0.15, 0.2) is 0 Å². The first kappa shape index (κ1) is 17.8. The number of aromatic nitrogens is 3. The van der Waals surface area contributed by atoms with Crippen molar-refractivity contribution in [2.75, 3.05) is 30.3 Å². The minimum Gasteiger partial charge on any atom is -0.397 e. The monoisotopic (exact) mass is 392 g/mol. The molecule has 0 saturated carbocycles. The number of imidazole rings is 1. The number of benzene rings is 2. The van der Waals surface area contributed by atoms with Crippen molar-refractivity contribution in [2.24, 2.45) is 0 Å². The van der Waals surface area contributed by atoms with Gasteiger partial charge >= 0.3 is 0 Å². The number of nitrogens with zero attached hydrogens (tertiary/aromatic N) is 4. The maximum Gasteiger partial charge on any atom is 0.142 e. The Balaban J connectivity index is 1.57. The van der Waals surface area contributed by atoms with E-state index in [1.807, 2.05) is 18.2 Å². The highest BCUT2D eigenvalue weighted by Crippen LogP contribution is 2.33. The molecule has 0 spiro atoms. The minimum absolute atomic E-state index is 0.192. The lowest BCUT2D eigenvalue weighted by Crippen LogP contribution is -2.50. The number of piperazine rings is 1. The van der Waals surface area contributed by atoms with Gasteiger partial charge in [-0.3, -0.25) is 4.98 Å². The fourth-order valence-electron chi connectivity index (χ4n) is 4.04. The van der Waals surface area contributed by atoms with Crippen LogP contribution in [0, 0.1) is 5.82 Å². The molecule has 1 aliphatic heterocycles. The van der Waals surface area contributed by atoms with Crippen molar-refractivity contribution in [3.05, 3.63) is 48.4 Å². The zero-order valence-electron chi connectivity index (χ0n) is 15.9. The van der Waals surface area contributed by atoms with Crippen molar-refractivity contribution in [2.45, 2.75) is 13.0 Å². The Bertz CT molecular complexity index is 1220. The van der Waals surface area contributed by atoms with E-state index in [4.69, 9.17) is 5.73 Å². The van der Waals surface area contributed by atoms with Crippen LogP contribution in [0.3, 0.4) is 0 Å². The molecule has 2 aromatic carbocycles. The number of H-pyrrole nitrogens is 1. The number of anilines is 2. The molecule has 7 nitrogen and oxygen atoms in total. The molecule has 8 heteroatoms. The van der Waals surface area contributed by atoms with Crippen LogP contribution in [0.4, 0.5) is 15.8 Å². The largest absolute Gasteiger partial charge is 0.397 e. The molecule has 1 saturated heterocycles. The zero-order chi connectivity index (χ0) is 20.1. The highest BCUT2D eigenvalue weighted by atomic mass is 19.1. The van der Waals surface area contributed by atoms with E-state index in [2.05, 4.69) is 26.8 Å². The molecule has 5 rings (SSSR count). The summed E-state index contributed by atoms with van der Waals surface area (Å²) in [6.07, 6.45) is 1.62. The molecule has 1 unspecified atom stereocenters. The molecule has 0 bridgehead atoms. The van der Waals surface area contributed by atoms with Crippen molar-refractivity contribution in [3.8, 4) is 11.4 Å². The van der Waals surface area contributed by atoms with Gasteiger partial charge in [0.1, 0.15) is 11.6 Å². The molecule has 0 amide bonds. The van der Waals surface area contributed by atoms with E-state index in [0.717, 1.165) is 23.3 Å². The molecule has 29 heavy (non-hydrogen) atoms. The molecule has 3 heterocycles. The molecule has 0 aliphatic carbocycles. The molecular formula is C21H21FN6O. The number of hydrogen-bond donors (Lipinski definition) is 3. The van der Waals surface area contributed by atoms with Gasteiger partial charge in [-0.05, 0) is 37.3 Å². The van der Waals surface area contributed by atoms with Crippen LogP contribution in [0.2, 0.25) is 0 Å². The number of hydroxylamine groups is 2. The second-order valence-electron chi connectivity index (χ2n) is 7.46. The number of fused-ring (bicyclic) bond motifs is 2. The Labute approximate surface area is 166 Å². The maximum absolute atomic E-state index is 14.3. The van der Waals surface area contributed by atoms with E-state index in [1.165, 1.54) is 11.1 Å². The van der Waals surface area contributed by atoms with E-state index in [0.29, 0.717) is 41.1 Å². The van der Waals surface area contributed by atoms with Gasteiger partial charge in [0, 0.05) is 37.6 Å². The Kier molecular flexibility index (Phi) is 4.11. The van der Waals surface area contributed by atoms with Crippen molar-refractivity contribution in [1.82, 2.24) is 20.0 Å². The van der Waals surface area contributed by atoms with Gasteiger partial charge in [0.25, 0.3) is 0 Å². The molecule has 148 valence electrons. The number of aromatic amines is 1. The quantitative estimate of drug-likeness (QED) is 0.484. The van der Waals surface area contributed by atoms with Crippen molar-refractivity contribution in [1.29, 1.82) is 0 Å². The van der Waals surface area contributed by atoms with E-state index in [9.17, 15) is 9.60 Å². The van der Waals surface area contributed by atoms with Crippen molar-refractivity contribution >= 4 is 33.3 Å². The number of rotatable bonds is 2. The smallest absolute Gasteiger partial charge is 0.142 e. The number of nitrogens with one attached hydrogen (secondary N) is 1. The molecule has 1 aliphatic rings. The van der Waals surface area contributed by atoms with Gasteiger partial charge in [0.2, 0.25) is 0 Å². The molecule has 1 atom stereocenters. The summed E-state index contributed by atoms with van der Waals surface area (Å²) in [6, 6.07) is 10.9. The van der Waals surface area contributed by atoms with Gasteiger partial charge in [0.05, 0.1) is 33.2 Å². The van der Waals surface area contributed by atoms with Crippen LogP contribution in [0.1, 0.15) is 6.92 Å². The summed E-state index contributed by atoms with van der Waals surface area (Å²) in [5, 5.41) is 11.4. The van der Waals surface area contributed by atoms with Crippen LogP contribution in [0.25, 0.3) is 33.3 Å². The summed E-state index contributed by atoms with van der Waals surface area (Å²) in [4.78, 5) is 14.5. The van der Waals surface area contributed by atoms with Gasteiger partial charge in [-0.25, -0.2) is 9.37 Å². The third kappa shape index (κ3) is 2.97. The summed E-state index contributed by atoms with van der Waals surface area (Å²) >= 11 is 0. The standard InChI is InChI=1S/C21H21FN6O/c1-12-11-27(29)7-8-28(12)13-5-6-16-18(9-13)26-21(25-16)14-10-24-17-4-2-3-15(22)19(17)20(14)23/h2-6,9-10,12,29H,7-8,11H2,1H3,(H2,23,24)(H,25,26). The molecule has 1 fully saturated rings. The third-order valence-corrected chi connectivity index (χ3v) is 5.54. The summed E-state index contributed by atoms with van der Waals surface area (Å²) in [7, 11) is 0. The van der Waals surface area contributed by atoms with Crippen LogP contribution < -0.4 is 10.6 Å². The average molecular weight is 392 g/mol. The molecule has 4 N–H and O–H groups in total. The summed E-state index contributed by atoms with van der Waals surface area (Å²) < 4.78 is 14.3. The number of nitrogen functional groups attached to an aromatic ring is 1. The van der Waals surface area contributed by atoms with Crippen LogP contribution in [-0.4, -0.2) is 50.9 Å². The lowest BCUT2D eigenvalue weighted by molar-refractivity contribution is -0.101. The fourth-order valence-corrected chi connectivity index (χ4v) is 4.04. The Morgan fingerprint density at radius 3 is 2.90 bits per heavy atom. The summed E-state index contributed by atoms with van der Waals surface area (Å²) in [5.41, 5.74) is 10.4. The predicted octanol–water partition coefficient (Wildman–Crippen LogP) is 3.40. The zero-order valence-corrected chi connectivity index (χ0v) is 15.9. The first-order valence-electron chi connectivity index (χ1n) is 9.54. The van der Waals surface area contributed by atoms with Gasteiger partial charge in [-0.1, -0.05) is 6.07 Å². The van der Waals surface area contributed by atoms with E-state index < -0.39 is 5.82 Å². The topological polar surface area (TPSA) is 94.3 Å². The molecular weight excluding hydrogens is 371 g/mol. The Morgan fingerprint density at radius 2 is 2.07 bits per heavy atom. The lowest BCUT2D eigenvalue weighted by Gasteiger charge is -2.38. The second kappa shape index (κ2) is 6.68. The second-order valence-corrected chi connectivity index (χ2v) is 7.46. The highest BCUT2D eigenvalue weighted by Gasteiger charge is 2.23. The third-order valence-electron chi connectivity index (χ3n) is 5.54. The van der Waals surface area contributed by atoms with E-state index in [1.54, 1.807) is 18.3 Å². The van der Waals surface area contributed by atoms with Gasteiger partial charge in [-0.15, -0.1) is 0 Å². The molecule has 4 aromatic rings. The molecule has 0 radical (unpaired) electrons. The van der Waals surface area contributed by atoms with Crippen LogP contribution in [-0.2, 0) is 0 Å². The SMILES string of the molecule is CC1CN(O)CCN1c1ccc2nc(-c3cnc4cccc(F)c4c3N)[nH]c2c1. The summed E-state index contributed by atoms with van der Waals surface area (Å²) in [5.74, 6) is 0.158. The average Bonchev–Trinajstić information content (AvgIpc) is 3.11. The Morgan fingerprint density at radius 1 is 1.21 bits per heavy atom. The van der Waals surface area contributed by atoms with Crippen LogP contribution in [0.5, 0.6) is 0 Å². The first-order valence-corrected chi connectivity index (χ1v) is 9.54. The number of nitrogens with two attached hydrogens (primary N) is 1. The lowest BCUT2D eigenvalue weighted by atomic mass is 10.1.